The van der Waals surface area contributed by atoms with Gasteiger partial charge in [0.25, 0.3) is 11.8 Å². The average Bonchev–Trinajstić information content (AvgIpc) is 3.34. The molecule has 8 rings (SSSR count). The van der Waals surface area contributed by atoms with Crippen LogP contribution >= 0.6 is 0 Å². The van der Waals surface area contributed by atoms with Crippen LogP contribution in [0, 0.1) is 13.8 Å². The first kappa shape index (κ1) is 47.8. The molecule has 8 aromatic rings. The molecule has 12 nitrogen and oxygen atoms in total. The normalized spacial score (nSPS) is 11.9. The first-order valence-electron chi connectivity index (χ1n) is 23.0. The number of amides is 2. The Morgan fingerprint density at radius 2 is 0.729 bits per heavy atom. The van der Waals surface area contributed by atoms with Gasteiger partial charge in [-0.15, -0.1) is 0 Å². The third kappa shape index (κ3) is 8.82. The van der Waals surface area contributed by atoms with Crippen molar-refractivity contribution in [2.75, 3.05) is 0 Å². The van der Waals surface area contributed by atoms with Crippen molar-refractivity contribution in [3.63, 3.8) is 0 Å². The second kappa shape index (κ2) is 19.9. The molecule has 70 heavy (non-hydrogen) atoms. The molecule has 2 amide bonds. The van der Waals surface area contributed by atoms with Gasteiger partial charge in [0, 0.05) is 33.0 Å². The zero-order valence-corrected chi connectivity index (χ0v) is 39.6. The molecule has 0 atom stereocenters. The average molecular weight is 935 g/mol. The van der Waals surface area contributed by atoms with Gasteiger partial charge in [0.15, 0.2) is 23.0 Å². The van der Waals surface area contributed by atoms with Gasteiger partial charge < -0.3 is 30.6 Å². The fraction of sp³-hybridized carbons (Fsp3) is 0.172. The maximum Gasteiger partial charge on any atom is 0.252 e. The maximum atomic E-state index is 13.9. The SMILES string of the molecule is Cc1cc2c(C(C)C)c(O)c(O)c(/C=N\NC(=O)C(c3ccccc3)c3ccccc3)c2c(O)c1-c1c(C)cc2c(C(C)C)c(O)c(O)c(/C=N\NC(=O)C(c3ccccc3)c3ccccc3)c2c1O. The Bertz CT molecular complexity index is 3040. The Hall–Kier alpha value is -8.64. The highest BCUT2D eigenvalue weighted by molar-refractivity contribution is 6.15. The predicted molar refractivity (Wildman–Crippen MR) is 275 cm³/mol. The van der Waals surface area contributed by atoms with Crippen molar-refractivity contribution in [3.8, 4) is 45.6 Å². The van der Waals surface area contributed by atoms with Gasteiger partial charge in [0.05, 0.1) is 35.4 Å². The van der Waals surface area contributed by atoms with Crippen molar-refractivity contribution in [2.45, 2.75) is 65.2 Å². The van der Waals surface area contributed by atoms with E-state index in [9.17, 15) is 40.2 Å². The number of nitrogens with zero attached hydrogens (tertiary/aromatic N) is 2. The highest BCUT2D eigenvalue weighted by Gasteiger charge is 2.31. The van der Waals surface area contributed by atoms with E-state index in [1.807, 2.05) is 149 Å². The van der Waals surface area contributed by atoms with Crippen LogP contribution < -0.4 is 10.9 Å². The van der Waals surface area contributed by atoms with Crippen LogP contribution in [0.3, 0.4) is 0 Å². The van der Waals surface area contributed by atoms with E-state index in [1.165, 1.54) is 0 Å². The molecule has 0 bridgehead atoms. The van der Waals surface area contributed by atoms with Crippen molar-refractivity contribution in [3.05, 3.63) is 189 Å². The zero-order chi connectivity index (χ0) is 50.0. The molecule has 0 aliphatic heterocycles. The molecule has 0 unspecified atom stereocenters. The van der Waals surface area contributed by atoms with Crippen LogP contribution in [0.2, 0.25) is 0 Å². The summed E-state index contributed by atoms with van der Waals surface area (Å²) in [6, 6.07) is 40.3. The molecular formula is C58H54N4O8. The van der Waals surface area contributed by atoms with Gasteiger partial charge in [0.1, 0.15) is 11.5 Å². The summed E-state index contributed by atoms with van der Waals surface area (Å²) in [6.07, 6.45) is 2.33. The van der Waals surface area contributed by atoms with Crippen LogP contribution in [0.25, 0.3) is 32.7 Å². The smallest absolute Gasteiger partial charge is 0.252 e. The highest BCUT2D eigenvalue weighted by atomic mass is 16.3. The van der Waals surface area contributed by atoms with Crippen LogP contribution in [-0.2, 0) is 9.59 Å². The number of benzene rings is 8. The van der Waals surface area contributed by atoms with Gasteiger partial charge in [-0.2, -0.15) is 10.2 Å². The number of nitrogens with one attached hydrogen (secondary N) is 2. The highest BCUT2D eigenvalue weighted by Crippen LogP contribution is 2.54. The Balaban J connectivity index is 1.28. The number of carbonyl (C=O) groups is 2. The minimum absolute atomic E-state index is 0.0754. The van der Waals surface area contributed by atoms with Crippen LogP contribution in [0.15, 0.2) is 144 Å². The second-order valence-electron chi connectivity index (χ2n) is 18.0. The second-order valence-corrected chi connectivity index (χ2v) is 18.0. The van der Waals surface area contributed by atoms with E-state index in [1.54, 1.807) is 26.0 Å². The zero-order valence-electron chi connectivity index (χ0n) is 39.6. The molecule has 0 radical (unpaired) electrons. The monoisotopic (exact) mass is 934 g/mol. The fourth-order valence-corrected chi connectivity index (χ4v) is 9.65. The minimum atomic E-state index is -0.743. The molecule has 8 aromatic carbocycles. The van der Waals surface area contributed by atoms with Crippen LogP contribution in [0.1, 0.15) is 107 Å². The Morgan fingerprint density at radius 3 is 1.00 bits per heavy atom. The summed E-state index contributed by atoms with van der Waals surface area (Å²) >= 11 is 0. The van der Waals surface area contributed by atoms with Crippen molar-refractivity contribution in [1.29, 1.82) is 0 Å². The van der Waals surface area contributed by atoms with Crippen molar-refractivity contribution < 1.29 is 40.2 Å². The number of hydrazone groups is 2. The van der Waals surface area contributed by atoms with Gasteiger partial charge in [-0.25, -0.2) is 10.9 Å². The van der Waals surface area contributed by atoms with Crippen molar-refractivity contribution >= 4 is 45.8 Å². The lowest BCUT2D eigenvalue weighted by Crippen LogP contribution is -2.26. The summed E-state index contributed by atoms with van der Waals surface area (Å²) < 4.78 is 0. The molecule has 0 aromatic heterocycles. The predicted octanol–water partition coefficient (Wildman–Crippen LogP) is 11.3. The summed E-state index contributed by atoms with van der Waals surface area (Å²) in [4.78, 5) is 27.9. The molecule has 0 aliphatic carbocycles. The number of rotatable bonds is 13. The standard InChI is InChI=1S/C58H54N4O8/c1-31(2)43-39-27-33(5)45(53(65)49(39)41(51(63)55(43)67)29-59-61-57(69)47(35-19-11-7-12-20-35)36-21-13-8-14-22-36)46-34(6)28-40-44(32(3)4)56(68)52(64)42(50(40)54(46)66)30-60-62-58(70)48(37-23-15-9-16-24-37)38-25-17-10-18-26-38/h7-32,47-48,63-68H,1-6H3,(H,61,69)(H,62,70)/b59-29-,60-30-. The summed E-state index contributed by atoms with van der Waals surface area (Å²) in [5.41, 5.74) is 9.81. The lowest BCUT2D eigenvalue weighted by atomic mass is 9.83. The third-order valence-electron chi connectivity index (χ3n) is 12.8. The molecule has 0 heterocycles. The van der Waals surface area contributed by atoms with E-state index in [2.05, 4.69) is 21.1 Å². The number of aryl methyl sites for hydroxylation is 2. The Labute approximate surface area is 405 Å². The van der Waals surface area contributed by atoms with E-state index in [-0.39, 0.29) is 56.4 Å². The first-order chi connectivity index (χ1) is 33.6. The molecule has 0 saturated carbocycles. The van der Waals surface area contributed by atoms with Crippen LogP contribution in [0.4, 0.5) is 0 Å². The lowest BCUT2D eigenvalue weighted by Gasteiger charge is -2.23. The molecule has 0 saturated heterocycles. The van der Waals surface area contributed by atoms with Crippen molar-refractivity contribution in [2.24, 2.45) is 10.2 Å². The van der Waals surface area contributed by atoms with Gasteiger partial charge in [-0.05, 0) is 69.8 Å². The quantitative estimate of drug-likeness (QED) is 0.0317. The number of hydrogen-bond acceptors (Lipinski definition) is 10. The Kier molecular flexibility index (Phi) is 13.6. The number of hydrogen-bond donors (Lipinski definition) is 8. The minimum Gasteiger partial charge on any atom is -0.507 e. The topological polar surface area (TPSA) is 204 Å². The molecule has 0 fully saturated rings. The summed E-state index contributed by atoms with van der Waals surface area (Å²) in [5, 5.41) is 81.2. The number of fused-ring (bicyclic) bond motifs is 2. The van der Waals surface area contributed by atoms with E-state index < -0.39 is 46.6 Å². The Morgan fingerprint density at radius 1 is 0.443 bits per heavy atom. The summed E-state index contributed by atoms with van der Waals surface area (Å²) in [7, 11) is 0. The summed E-state index contributed by atoms with van der Waals surface area (Å²) in [5.74, 6) is -5.93. The number of aromatic hydroxyl groups is 6. The molecule has 0 aliphatic rings. The van der Waals surface area contributed by atoms with E-state index in [4.69, 9.17) is 0 Å². The van der Waals surface area contributed by atoms with E-state index in [0.717, 1.165) is 34.7 Å². The number of carbonyl (C=O) groups excluding carboxylic acids is 2. The third-order valence-corrected chi connectivity index (χ3v) is 12.8. The van der Waals surface area contributed by atoms with Gasteiger partial charge >= 0.3 is 0 Å². The van der Waals surface area contributed by atoms with Crippen LogP contribution in [0.5, 0.6) is 34.5 Å². The number of phenolic OH excluding ortho intramolecular Hbond substituents is 6. The van der Waals surface area contributed by atoms with E-state index in [0.29, 0.717) is 33.0 Å². The molecule has 12 heteroatoms. The molecule has 8 N–H and O–H groups in total. The lowest BCUT2D eigenvalue weighted by molar-refractivity contribution is -0.122. The molecule has 0 spiro atoms. The largest absolute Gasteiger partial charge is 0.507 e. The van der Waals surface area contributed by atoms with Crippen molar-refractivity contribution in [1.82, 2.24) is 10.9 Å². The van der Waals surface area contributed by atoms with Gasteiger partial charge in [-0.3, -0.25) is 9.59 Å². The fourth-order valence-electron chi connectivity index (χ4n) is 9.65. The molecular weight excluding hydrogens is 881 g/mol. The maximum absolute atomic E-state index is 13.9. The van der Waals surface area contributed by atoms with Crippen LogP contribution in [-0.4, -0.2) is 54.9 Å². The first-order valence-corrected chi connectivity index (χ1v) is 23.0. The van der Waals surface area contributed by atoms with E-state index >= 15 is 0 Å². The van der Waals surface area contributed by atoms with Gasteiger partial charge in [0.2, 0.25) is 0 Å². The summed E-state index contributed by atoms with van der Waals surface area (Å²) in [6.45, 7) is 10.8. The number of phenols is 6. The molecule has 354 valence electrons. The van der Waals surface area contributed by atoms with Gasteiger partial charge in [-0.1, -0.05) is 161 Å².